The van der Waals surface area contributed by atoms with E-state index in [2.05, 4.69) is 19.8 Å². The van der Waals surface area contributed by atoms with E-state index in [0.717, 1.165) is 38.0 Å². The highest BCUT2D eigenvalue weighted by Gasteiger charge is 2.31. The first-order chi connectivity index (χ1) is 8.22. The van der Waals surface area contributed by atoms with E-state index in [4.69, 9.17) is 17.3 Å². The van der Waals surface area contributed by atoms with Gasteiger partial charge in [0.1, 0.15) is 11.0 Å². The maximum atomic E-state index is 5.89. The summed E-state index contributed by atoms with van der Waals surface area (Å²) in [6, 6.07) is 2.63. The molecule has 3 rings (SSSR count). The third-order valence-corrected chi connectivity index (χ3v) is 3.59. The fourth-order valence-corrected chi connectivity index (χ4v) is 2.52. The van der Waals surface area contributed by atoms with Crippen molar-refractivity contribution in [2.24, 2.45) is 0 Å². The minimum Gasteiger partial charge on any atom is -0.368 e. The maximum absolute atomic E-state index is 5.89. The van der Waals surface area contributed by atoms with Crippen LogP contribution < -0.4 is 10.6 Å². The molecule has 5 nitrogen and oxygen atoms in total. The van der Waals surface area contributed by atoms with Gasteiger partial charge in [0.05, 0.1) is 0 Å². The predicted molar refractivity (Wildman–Crippen MR) is 68.3 cm³/mol. The standard InChI is InChI=1S/C11H16ClN5/c12-9-7-10(15-11(13)14-9)17-5-3-16(4-6-17)8-1-2-8/h7-8H,1-6H2,(H2,13,14,15). The van der Waals surface area contributed by atoms with Gasteiger partial charge in [-0.25, -0.2) is 4.98 Å². The fraction of sp³-hybridized carbons (Fsp3) is 0.636. The lowest BCUT2D eigenvalue weighted by Crippen LogP contribution is -2.47. The molecule has 1 aliphatic heterocycles. The molecule has 0 amide bonds. The van der Waals surface area contributed by atoms with Crippen molar-refractivity contribution < 1.29 is 0 Å². The van der Waals surface area contributed by atoms with Gasteiger partial charge in [0.25, 0.3) is 0 Å². The molecule has 6 heteroatoms. The second-order valence-electron chi connectivity index (χ2n) is 4.66. The van der Waals surface area contributed by atoms with Gasteiger partial charge in [-0.15, -0.1) is 0 Å². The van der Waals surface area contributed by atoms with Crippen LogP contribution in [0.5, 0.6) is 0 Å². The van der Waals surface area contributed by atoms with Crippen molar-refractivity contribution >= 4 is 23.4 Å². The minimum absolute atomic E-state index is 0.247. The summed E-state index contributed by atoms with van der Waals surface area (Å²) in [4.78, 5) is 12.9. The van der Waals surface area contributed by atoms with Crippen LogP contribution in [0.2, 0.25) is 5.15 Å². The normalized spacial score (nSPS) is 21.8. The van der Waals surface area contributed by atoms with Gasteiger partial charge in [0, 0.05) is 38.3 Å². The Morgan fingerprint density at radius 1 is 1.18 bits per heavy atom. The maximum Gasteiger partial charge on any atom is 0.223 e. The first kappa shape index (κ1) is 11.0. The number of piperazine rings is 1. The van der Waals surface area contributed by atoms with Crippen LogP contribution >= 0.6 is 11.6 Å². The molecule has 1 aliphatic carbocycles. The van der Waals surface area contributed by atoms with Crippen molar-refractivity contribution in [2.45, 2.75) is 18.9 Å². The smallest absolute Gasteiger partial charge is 0.223 e. The van der Waals surface area contributed by atoms with Gasteiger partial charge in [-0.1, -0.05) is 11.6 Å². The summed E-state index contributed by atoms with van der Waals surface area (Å²) in [6.07, 6.45) is 2.73. The molecule has 0 radical (unpaired) electrons. The number of rotatable bonds is 2. The summed E-state index contributed by atoms with van der Waals surface area (Å²) in [6.45, 7) is 4.19. The van der Waals surface area contributed by atoms with Gasteiger partial charge in [-0.2, -0.15) is 4.98 Å². The van der Waals surface area contributed by atoms with Crippen molar-refractivity contribution in [3.05, 3.63) is 11.2 Å². The Kier molecular flexibility index (Phi) is 2.80. The third kappa shape index (κ3) is 2.45. The largest absolute Gasteiger partial charge is 0.368 e. The van der Waals surface area contributed by atoms with Gasteiger partial charge >= 0.3 is 0 Å². The van der Waals surface area contributed by atoms with Crippen LogP contribution in [0.1, 0.15) is 12.8 Å². The van der Waals surface area contributed by atoms with Crippen molar-refractivity contribution in [1.82, 2.24) is 14.9 Å². The van der Waals surface area contributed by atoms with Crippen LogP contribution in [0.15, 0.2) is 6.07 Å². The Hall–Kier alpha value is -1.07. The second-order valence-corrected chi connectivity index (χ2v) is 5.05. The lowest BCUT2D eigenvalue weighted by Gasteiger charge is -2.35. The molecule has 1 saturated heterocycles. The molecule has 1 aromatic heterocycles. The molecule has 92 valence electrons. The van der Waals surface area contributed by atoms with E-state index in [-0.39, 0.29) is 5.95 Å². The topological polar surface area (TPSA) is 58.3 Å². The van der Waals surface area contributed by atoms with Gasteiger partial charge in [-0.3, -0.25) is 4.90 Å². The van der Waals surface area contributed by atoms with Gasteiger partial charge in [-0.05, 0) is 12.8 Å². The third-order valence-electron chi connectivity index (χ3n) is 3.40. The van der Waals surface area contributed by atoms with Crippen LogP contribution in [-0.4, -0.2) is 47.1 Å². The Balaban J connectivity index is 1.68. The molecule has 2 heterocycles. The molecular weight excluding hydrogens is 238 g/mol. The van der Waals surface area contributed by atoms with Crippen LogP contribution in [0.25, 0.3) is 0 Å². The first-order valence-electron chi connectivity index (χ1n) is 6.01. The molecule has 2 aliphatic rings. The van der Waals surface area contributed by atoms with Crippen molar-refractivity contribution in [2.75, 3.05) is 36.8 Å². The molecular formula is C11H16ClN5. The van der Waals surface area contributed by atoms with Crippen LogP contribution in [0.4, 0.5) is 11.8 Å². The zero-order valence-corrected chi connectivity index (χ0v) is 10.4. The molecule has 2 N–H and O–H groups in total. The number of aromatic nitrogens is 2. The number of hydrogen-bond acceptors (Lipinski definition) is 5. The number of hydrogen-bond donors (Lipinski definition) is 1. The summed E-state index contributed by atoms with van der Waals surface area (Å²) in [7, 11) is 0. The van der Waals surface area contributed by atoms with Gasteiger partial charge in [0.15, 0.2) is 0 Å². The monoisotopic (exact) mass is 253 g/mol. The van der Waals surface area contributed by atoms with Gasteiger partial charge < -0.3 is 10.6 Å². The van der Waals surface area contributed by atoms with Crippen LogP contribution in [-0.2, 0) is 0 Å². The highest BCUT2D eigenvalue weighted by molar-refractivity contribution is 6.29. The van der Waals surface area contributed by atoms with E-state index < -0.39 is 0 Å². The van der Waals surface area contributed by atoms with Gasteiger partial charge in [0.2, 0.25) is 5.95 Å². The summed E-state index contributed by atoms with van der Waals surface area (Å²) in [5.41, 5.74) is 5.61. The van der Waals surface area contributed by atoms with Crippen molar-refractivity contribution in [1.29, 1.82) is 0 Å². The van der Waals surface area contributed by atoms with Crippen LogP contribution in [0.3, 0.4) is 0 Å². The van der Waals surface area contributed by atoms with E-state index in [1.54, 1.807) is 6.07 Å². The Bertz CT molecular complexity index is 392. The van der Waals surface area contributed by atoms with Crippen molar-refractivity contribution in [3.63, 3.8) is 0 Å². The number of halogens is 1. The average molecular weight is 254 g/mol. The summed E-state index contributed by atoms with van der Waals surface area (Å²) < 4.78 is 0. The van der Waals surface area contributed by atoms with E-state index in [0.29, 0.717) is 5.15 Å². The molecule has 1 aromatic rings. The van der Waals surface area contributed by atoms with E-state index in [9.17, 15) is 0 Å². The van der Waals surface area contributed by atoms with E-state index in [1.165, 1.54) is 12.8 Å². The Morgan fingerprint density at radius 3 is 2.47 bits per heavy atom. The molecule has 17 heavy (non-hydrogen) atoms. The molecule has 0 aromatic carbocycles. The summed E-state index contributed by atoms with van der Waals surface area (Å²) >= 11 is 5.89. The highest BCUT2D eigenvalue weighted by Crippen LogP contribution is 2.28. The second kappa shape index (κ2) is 4.31. The predicted octanol–water partition coefficient (Wildman–Crippen LogP) is 0.997. The quantitative estimate of drug-likeness (QED) is 0.797. The SMILES string of the molecule is Nc1nc(Cl)cc(N2CCN(C3CC3)CC2)n1. The summed E-state index contributed by atoms with van der Waals surface area (Å²) in [5.74, 6) is 1.09. The Labute approximate surface area is 106 Å². The lowest BCUT2D eigenvalue weighted by molar-refractivity contribution is 0.247. The number of nitrogens with two attached hydrogens (primary N) is 1. The molecule has 0 bridgehead atoms. The molecule has 0 unspecified atom stereocenters. The number of nitrogens with zero attached hydrogens (tertiary/aromatic N) is 4. The van der Waals surface area contributed by atoms with E-state index in [1.807, 2.05) is 0 Å². The summed E-state index contributed by atoms with van der Waals surface area (Å²) in [5, 5.41) is 0.414. The minimum atomic E-state index is 0.247. The van der Waals surface area contributed by atoms with E-state index >= 15 is 0 Å². The molecule has 2 fully saturated rings. The molecule has 1 saturated carbocycles. The number of anilines is 2. The Morgan fingerprint density at radius 2 is 1.88 bits per heavy atom. The van der Waals surface area contributed by atoms with Crippen molar-refractivity contribution in [3.8, 4) is 0 Å². The average Bonchev–Trinajstić information content (AvgIpc) is 3.12. The zero-order chi connectivity index (χ0) is 11.8. The lowest BCUT2D eigenvalue weighted by atomic mass is 10.3. The van der Waals surface area contributed by atoms with Crippen LogP contribution in [0, 0.1) is 0 Å². The molecule has 0 spiro atoms. The number of nitrogen functional groups attached to an aromatic ring is 1. The first-order valence-corrected chi connectivity index (χ1v) is 6.39. The highest BCUT2D eigenvalue weighted by atomic mass is 35.5. The molecule has 0 atom stereocenters. The fourth-order valence-electron chi connectivity index (χ4n) is 2.34. The zero-order valence-electron chi connectivity index (χ0n) is 9.64.